The van der Waals surface area contributed by atoms with Gasteiger partial charge in [-0.1, -0.05) is 11.3 Å². The van der Waals surface area contributed by atoms with E-state index < -0.39 is 0 Å². The lowest BCUT2D eigenvalue weighted by atomic mass is 10.2. The van der Waals surface area contributed by atoms with E-state index in [1.807, 2.05) is 32.0 Å². The number of amides is 1. The number of carbonyl (C=O) groups is 1. The molecule has 0 unspecified atom stereocenters. The Hall–Kier alpha value is -2.19. The predicted octanol–water partition coefficient (Wildman–Crippen LogP) is 3.09. The Labute approximate surface area is 141 Å². The van der Waals surface area contributed by atoms with Gasteiger partial charge in [-0.2, -0.15) is 0 Å². The number of nitrogens with zero attached hydrogens (tertiary/aromatic N) is 1. The number of benzene rings is 1. The molecule has 3 aromatic rings. The van der Waals surface area contributed by atoms with Crippen LogP contribution in [0.15, 0.2) is 23.0 Å². The van der Waals surface area contributed by atoms with Gasteiger partial charge in [0.1, 0.15) is 0 Å². The van der Waals surface area contributed by atoms with Crippen molar-refractivity contribution in [2.24, 2.45) is 0 Å². The largest absolute Gasteiger partial charge is 0.331 e. The normalized spacial score (nSPS) is 11.0. The van der Waals surface area contributed by atoms with Crippen LogP contribution in [0.1, 0.15) is 17.0 Å². The van der Waals surface area contributed by atoms with E-state index in [1.165, 1.54) is 11.3 Å². The number of fused-ring (bicyclic) bond motifs is 1. The minimum Gasteiger partial charge on any atom is -0.331 e. The van der Waals surface area contributed by atoms with Crippen LogP contribution in [0.2, 0.25) is 0 Å². The smallest absolute Gasteiger partial charge is 0.307 e. The minimum absolute atomic E-state index is 0.0193. The fourth-order valence-electron chi connectivity index (χ4n) is 2.39. The number of thiazole rings is 1. The van der Waals surface area contributed by atoms with Crippen molar-refractivity contribution in [3.63, 3.8) is 0 Å². The Morgan fingerprint density at radius 1 is 1.30 bits per heavy atom. The summed E-state index contributed by atoms with van der Waals surface area (Å²) in [6.45, 7) is 4.19. The highest BCUT2D eigenvalue weighted by atomic mass is 32.1. The highest BCUT2D eigenvalue weighted by Gasteiger charge is 2.10. The first-order valence-corrected chi connectivity index (χ1v) is 8.35. The summed E-state index contributed by atoms with van der Waals surface area (Å²) in [6, 6.07) is 5.49. The lowest BCUT2D eigenvalue weighted by Gasteiger charge is -2.07. The quantitative estimate of drug-likeness (QED) is 0.634. The zero-order valence-corrected chi connectivity index (χ0v) is 14.4. The van der Waals surface area contributed by atoms with Crippen molar-refractivity contribution < 1.29 is 4.79 Å². The number of anilines is 1. The van der Waals surface area contributed by atoms with Gasteiger partial charge in [0.25, 0.3) is 0 Å². The van der Waals surface area contributed by atoms with Gasteiger partial charge < -0.3 is 19.9 Å². The molecule has 0 aliphatic heterocycles. The number of rotatable bonds is 4. The standard InChI is InChI=1S/C15H16N4O2S2/c1-8-9(2)23-15(21)19(8)6-5-13(20)16-10-3-4-11-12(7-10)18-14(22)17-11/h3-4,7H,5-6H2,1-2H3,(H,16,20)(H2,17,18,22). The van der Waals surface area contributed by atoms with E-state index in [0.717, 1.165) is 21.6 Å². The van der Waals surface area contributed by atoms with Crippen LogP contribution in [0.5, 0.6) is 0 Å². The molecule has 0 spiro atoms. The maximum Gasteiger partial charge on any atom is 0.307 e. The topological polar surface area (TPSA) is 82.7 Å². The van der Waals surface area contributed by atoms with Crippen LogP contribution in [-0.2, 0) is 11.3 Å². The Morgan fingerprint density at radius 2 is 2.04 bits per heavy atom. The summed E-state index contributed by atoms with van der Waals surface area (Å²) in [5.41, 5.74) is 3.35. The molecule has 2 heterocycles. The van der Waals surface area contributed by atoms with Crippen LogP contribution in [0.3, 0.4) is 0 Å². The molecule has 0 bridgehead atoms. The average molecular weight is 348 g/mol. The van der Waals surface area contributed by atoms with Gasteiger partial charge in [0.2, 0.25) is 5.91 Å². The van der Waals surface area contributed by atoms with E-state index in [9.17, 15) is 9.59 Å². The molecule has 0 aliphatic carbocycles. The second-order valence-corrected chi connectivity index (χ2v) is 6.87. The van der Waals surface area contributed by atoms with Gasteiger partial charge in [-0.3, -0.25) is 9.59 Å². The number of hydrogen-bond acceptors (Lipinski definition) is 4. The molecule has 0 saturated carbocycles. The van der Waals surface area contributed by atoms with E-state index in [4.69, 9.17) is 12.2 Å². The third-order valence-corrected chi connectivity index (χ3v) is 4.94. The van der Waals surface area contributed by atoms with Crippen LogP contribution < -0.4 is 10.2 Å². The second-order valence-electron chi connectivity index (χ2n) is 5.30. The summed E-state index contributed by atoms with van der Waals surface area (Å²) in [5.74, 6) is -0.131. The lowest BCUT2D eigenvalue weighted by Crippen LogP contribution is -2.20. The molecule has 8 heteroatoms. The van der Waals surface area contributed by atoms with Crippen LogP contribution in [0.4, 0.5) is 5.69 Å². The average Bonchev–Trinajstić information content (AvgIpc) is 2.96. The maximum absolute atomic E-state index is 12.1. The molecule has 1 amide bonds. The second kappa shape index (κ2) is 6.13. The number of nitrogens with one attached hydrogen (secondary N) is 3. The molecule has 0 saturated heterocycles. The molecule has 0 fully saturated rings. The monoisotopic (exact) mass is 348 g/mol. The zero-order chi connectivity index (χ0) is 16.6. The van der Waals surface area contributed by atoms with E-state index >= 15 is 0 Å². The summed E-state index contributed by atoms with van der Waals surface area (Å²) < 4.78 is 2.19. The van der Waals surface area contributed by atoms with Gasteiger partial charge in [0, 0.05) is 29.2 Å². The number of hydrogen-bond donors (Lipinski definition) is 3. The van der Waals surface area contributed by atoms with Crippen molar-refractivity contribution in [1.82, 2.24) is 14.5 Å². The molecule has 120 valence electrons. The summed E-state index contributed by atoms with van der Waals surface area (Å²) >= 11 is 6.25. The zero-order valence-electron chi connectivity index (χ0n) is 12.7. The van der Waals surface area contributed by atoms with Crippen molar-refractivity contribution in [1.29, 1.82) is 0 Å². The van der Waals surface area contributed by atoms with Gasteiger partial charge in [0.05, 0.1) is 11.0 Å². The van der Waals surface area contributed by atoms with Crippen molar-refractivity contribution in [3.05, 3.63) is 43.2 Å². The molecule has 0 aliphatic rings. The van der Waals surface area contributed by atoms with Crippen molar-refractivity contribution in [2.45, 2.75) is 26.8 Å². The Morgan fingerprint density at radius 3 is 2.74 bits per heavy atom. The molecule has 3 rings (SSSR count). The maximum atomic E-state index is 12.1. The Bertz CT molecular complexity index is 993. The molecular formula is C15H16N4O2S2. The third-order valence-electron chi connectivity index (χ3n) is 3.74. The van der Waals surface area contributed by atoms with Gasteiger partial charge in [-0.25, -0.2) is 0 Å². The Kier molecular flexibility index (Phi) is 4.18. The molecule has 2 aromatic heterocycles. The molecule has 1 aromatic carbocycles. The number of imidazole rings is 1. The van der Waals surface area contributed by atoms with Crippen LogP contribution in [0.25, 0.3) is 11.0 Å². The number of aryl methyl sites for hydroxylation is 1. The minimum atomic E-state index is -0.131. The van der Waals surface area contributed by atoms with Crippen LogP contribution in [-0.4, -0.2) is 20.4 Å². The lowest BCUT2D eigenvalue weighted by molar-refractivity contribution is -0.116. The summed E-state index contributed by atoms with van der Waals surface area (Å²) in [5, 5.41) is 2.84. The molecule has 3 N–H and O–H groups in total. The number of aromatic nitrogens is 3. The van der Waals surface area contributed by atoms with Crippen molar-refractivity contribution in [2.75, 3.05) is 5.32 Å². The number of aromatic amines is 2. The van der Waals surface area contributed by atoms with E-state index in [-0.39, 0.29) is 17.2 Å². The molecular weight excluding hydrogens is 332 g/mol. The van der Waals surface area contributed by atoms with Gasteiger partial charge >= 0.3 is 4.87 Å². The first kappa shape index (κ1) is 15.7. The van der Waals surface area contributed by atoms with E-state index in [1.54, 1.807) is 4.57 Å². The van der Waals surface area contributed by atoms with Crippen molar-refractivity contribution >= 4 is 46.2 Å². The number of carbonyl (C=O) groups excluding carboxylic acids is 1. The van der Waals surface area contributed by atoms with Gasteiger partial charge in [-0.15, -0.1) is 0 Å². The van der Waals surface area contributed by atoms with Crippen LogP contribution in [0, 0.1) is 18.6 Å². The fraction of sp³-hybridized carbons (Fsp3) is 0.267. The van der Waals surface area contributed by atoms with Crippen LogP contribution >= 0.6 is 23.6 Å². The first-order chi connectivity index (χ1) is 10.9. The first-order valence-electron chi connectivity index (χ1n) is 7.13. The SMILES string of the molecule is Cc1sc(=O)n(CCC(=O)Nc2ccc3[nH]c(=S)[nH]c3c2)c1C. The van der Waals surface area contributed by atoms with E-state index in [2.05, 4.69) is 15.3 Å². The fourth-order valence-corrected chi connectivity index (χ4v) is 3.47. The van der Waals surface area contributed by atoms with Crippen molar-refractivity contribution in [3.8, 4) is 0 Å². The highest BCUT2D eigenvalue weighted by molar-refractivity contribution is 7.71. The molecule has 0 radical (unpaired) electrons. The van der Waals surface area contributed by atoms with E-state index in [0.29, 0.717) is 17.0 Å². The third kappa shape index (κ3) is 3.27. The van der Waals surface area contributed by atoms with Gasteiger partial charge in [0.15, 0.2) is 4.77 Å². The summed E-state index contributed by atoms with van der Waals surface area (Å²) in [6.07, 6.45) is 0.248. The number of H-pyrrole nitrogens is 2. The summed E-state index contributed by atoms with van der Waals surface area (Å²) in [7, 11) is 0. The highest BCUT2D eigenvalue weighted by Crippen LogP contribution is 2.16. The van der Waals surface area contributed by atoms with Gasteiger partial charge in [-0.05, 0) is 44.3 Å². The molecule has 23 heavy (non-hydrogen) atoms. The molecule has 0 atom stereocenters. The molecule has 6 nitrogen and oxygen atoms in total. The Balaban J connectivity index is 1.68. The predicted molar refractivity (Wildman–Crippen MR) is 94.8 cm³/mol. The summed E-state index contributed by atoms with van der Waals surface area (Å²) in [4.78, 5) is 30.9.